The van der Waals surface area contributed by atoms with E-state index < -0.39 is 0 Å². The second-order valence-electron chi connectivity index (χ2n) is 3.71. The molecule has 3 N–H and O–H groups in total. The lowest BCUT2D eigenvalue weighted by molar-refractivity contribution is 0.385. The minimum Gasteiger partial charge on any atom is -0.330 e. The molecule has 1 unspecified atom stereocenters. The van der Waals surface area contributed by atoms with E-state index in [4.69, 9.17) is 5.73 Å². The van der Waals surface area contributed by atoms with Gasteiger partial charge in [-0.25, -0.2) is 0 Å². The number of rotatable bonds is 7. The third kappa shape index (κ3) is 5.56. The van der Waals surface area contributed by atoms with Crippen molar-refractivity contribution in [3.63, 3.8) is 0 Å². The first kappa shape index (κ1) is 11.9. The summed E-state index contributed by atoms with van der Waals surface area (Å²) in [6, 6.07) is 0.683. The van der Waals surface area contributed by atoms with Gasteiger partial charge in [-0.05, 0) is 38.3 Å². The van der Waals surface area contributed by atoms with Crippen LogP contribution in [0.5, 0.6) is 0 Å². The molecule has 1 atom stereocenters. The van der Waals surface area contributed by atoms with E-state index in [1.807, 2.05) is 0 Å². The normalized spacial score (nSPS) is 13.8. The molecular weight excluding hydrogens is 148 g/mol. The molecule has 0 aromatic carbocycles. The third-order valence-electron chi connectivity index (χ3n) is 2.28. The van der Waals surface area contributed by atoms with Gasteiger partial charge in [0.05, 0.1) is 0 Å². The van der Waals surface area contributed by atoms with Crippen molar-refractivity contribution in [3.05, 3.63) is 0 Å². The lowest BCUT2D eigenvalue weighted by Gasteiger charge is -2.20. The molecule has 0 aromatic heterocycles. The molecule has 0 aliphatic rings. The predicted molar refractivity (Wildman–Crippen MR) is 55.2 cm³/mol. The largest absolute Gasteiger partial charge is 0.330 e. The zero-order valence-corrected chi connectivity index (χ0v) is 8.77. The van der Waals surface area contributed by atoms with Crippen molar-refractivity contribution < 1.29 is 0 Å². The van der Waals surface area contributed by atoms with Gasteiger partial charge in [0.1, 0.15) is 0 Å². The first-order chi connectivity index (χ1) is 5.72. The van der Waals surface area contributed by atoms with E-state index in [2.05, 4.69) is 26.1 Å². The maximum absolute atomic E-state index is 5.41. The van der Waals surface area contributed by atoms with E-state index in [1.54, 1.807) is 0 Å². The van der Waals surface area contributed by atoms with Gasteiger partial charge in [0.2, 0.25) is 0 Å². The highest BCUT2D eigenvalue weighted by atomic mass is 14.9. The van der Waals surface area contributed by atoms with E-state index in [-0.39, 0.29) is 0 Å². The van der Waals surface area contributed by atoms with Crippen molar-refractivity contribution in [2.75, 3.05) is 13.1 Å². The lowest BCUT2D eigenvalue weighted by Crippen LogP contribution is -2.33. The average molecular weight is 172 g/mol. The standard InChI is InChI=1S/C10H24N2/c1-4-10(9(2)3)12-8-6-5-7-11/h9-10,12H,4-8,11H2,1-3H3. The van der Waals surface area contributed by atoms with Gasteiger partial charge in [-0.3, -0.25) is 0 Å². The Labute approximate surface area is 76.9 Å². The lowest BCUT2D eigenvalue weighted by atomic mass is 10.0. The fraction of sp³-hybridized carbons (Fsp3) is 1.00. The van der Waals surface area contributed by atoms with Crippen molar-refractivity contribution in [2.45, 2.75) is 46.1 Å². The summed E-state index contributed by atoms with van der Waals surface area (Å²) in [5.74, 6) is 0.743. The van der Waals surface area contributed by atoms with Crippen LogP contribution in [0.3, 0.4) is 0 Å². The minimum absolute atomic E-state index is 0.683. The Morgan fingerprint density at radius 1 is 1.25 bits per heavy atom. The summed E-state index contributed by atoms with van der Waals surface area (Å²) in [5, 5.41) is 3.55. The molecule has 0 aliphatic heterocycles. The van der Waals surface area contributed by atoms with E-state index in [0.29, 0.717) is 6.04 Å². The number of unbranched alkanes of at least 4 members (excludes halogenated alkanes) is 1. The van der Waals surface area contributed by atoms with Crippen molar-refractivity contribution in [2.24, 2.45) is 11.7 Å². The molecular formula is C10H24N2. The van der Waals surface area contributed by atoms with Crippen LogP contribution in [0.25, 0.3) is 0 Å². The minimum atomic E-state index is 0.683. The van der Waals surface area contributed by atoms with Crippen LogP contribution in [0.1, 0.15) is 40.0 Å². The summed E-state index contributed by atoms with van der Waals surface area (Å²) in [6.07, 6.45) is 3.57. The van der Waals surface area contributed by atoms with E-state index in [9.17, 15) is 0 Å². The number of hydrogen-bond donors (Lipinski definition) is 2. The van der Waals surface area contributed by atoms with Crippen LogP contribution in [0.4, 0.5) is 0 Å². The average Bonchev–Trinajstić information content (AvgIpc) is 2.04. The Morgan fingerprint density at radius 3 is 2.33 bits per heavy atom. The highest BCUT2D eigenvalue weighted by Crippen LogP contribution is 2.04. The zero-order valence-electron chi connectivity index (χ0n) is 8.77. The van der Waals surface area contributed by atoms with Crippen molar-refractivity contribution in [3.8, 4) is 0 Å². The summed E-state index contributed by atoms with van der Waals surface area (Å²) < 4.78 is 0. The Hall–Kier alpha value is -0.0800. The fourth-order valence-electron chi connectivity index (χ4n) is 1.41. The number of hydrogen-bond acceptors (Lipinski definition) is 2. The van der Waals surface area contributed by atoms with E-state index in [0.717, 1.165) is 25.4 Å². The van der Waals surface area contributed by atoms with Crippen molar-refractivity contribution in [1.29, 1.82) is 0 Å². The smallest absolute Gasteiger partial charge is 0.00874 e. The molecule has 0 heterocycles. The molecule has 0 rings (SSSR count). The molecule has 2 nitrogen and oxygen atoms in total. The van der Waals surface area contributed by atoms with Gasteiger partial charge in [0, 0.05) is 6.04 Å². The summed E-state index contributed by atoms with van der Waals surface area (Å²) in [4.78, 5) is 0. The van der Waals surface area contributed by atoms with Gasteiger partial charge in [0.15, 0.2) is 0 Å². The van der Waals surface area contributed by atoms with Crippen LogP contribution in [0.2, 0.25) is 0 Å². The summed E-state index contributed by atoms with van der Waals surface area (Å²) in [5.41, 5.74) is 5.41. The second-order valence-corrected chi connectivity index (χ2v) is 3.71. The molecule has 0 aliphatic carbocycles. The van der Waals surface area contributed by atoms with Gasteiger partial charge in [0.25, 0.3) is 0 Å². The molecule has 0 saturated carbocycles. The summed E-state index contributed by atoms with van der Waals surface area (Å²) >= 11 is 0. The molecule has 74 valence electrons. The number of nitrogens with one attached hydrogen (secondary N) is 1. The monoisotopic (exact) mass is 172 g/mol. The predicted octanol–water partition coefficient (Wildman–Crippen LogP) is 1.75. The molecule has 0 radical (unpaired) electrons. The van der Waals surface area contributed by atoms with Crippen LogP contribution >= 0.6 is 0 Å². The third-order valence-corrected chi connectivity index (χ3v) is 2.28. The summed E-state index contributed by atoms with van der Waals surface area (Å²) in [7, 11) is 0. The molecule has 0 aromatic rings. The van der Waals surface area contributed by atoms with E-state index >= 15 is 0 Å². The Bertz CT molecular complexity index is 91.8. The number of nitrogens with two attached hydrogens (primary N) is 1. The van der Waals surface area contributed by atoms with Gasteiger partial charge < -0.3 is 11.1 Å². The Morgan fingerprint density at radius 2 is 1.92 bits per heavy atom. The fourth-order valence-corrected chi connectivity index (χ4v) is 1.41. The van der Waals surface area contributed by atoms with Crippen molar-refractivity contribution >= 4 is 0 Å². The molecule has 12 heavy (non-hydrogen) atoms. The highest BCUT2D eigenvalue weighted by molar-refractivity contribution is 4.67. The molecule has 0 saturated heterocycles. The summed E-state index contributed by atoms with van der Waals surface area (Å²) in [6.45, 7) is 8.71. The first-order valence-corrected chi connectivity index (χ1v) is 5.15. The van der Waals surface area contributed by atoms with Crippen LogP contribution in [0, 0.1) is 5.92 Å². The van der Waals surface area contributed by atoms with Crippen LogP contribution in [0.15, 0.2) is 0 Å². The molecule has 0 amide bonds. The Balaban J connectivity index is 3.32. The zero-order chi connectivity index (χ0) is 9.40. The molecule has 0 fully saturated rings. The van der Waals surface area contributed by atoms with Crippen molar-refractivity contribution in [1.82, 2.24) is 5.32 Å². The topological polar surface area (TPSA) is 38.0 Å². The molecule has 2 heteroatoms. The van der Waals surface area contributed by atoms with Crippen LogP contribution in [-0.4, -0.2) is 19.1 Å². The van der Waals surface area contributed by atoms with Crippen LogP contribution < -0.4 is 11.1 Å². The maximum Gasteiger partial charge on any atom is 0.00874 e. The van der Waals surface area contributed by atoms with Gasteiger partial charge in [-0.15, -0.1) is 0 Å². The first-order valence-electron chi connectivity index (χ1n) is 5.15. The molecule has 0 spiro atoms. The quantitative estimate of drug-likeness (QED) is 0.574. The highest BCUT2D eigenvalue weighted by Gasteiger charge is 2.08. The molecule has 0 bridgehead atoms. The second kappa shape index (κ2) is 7.56. The Kier molecular flexibility index (Phi) is 7.51. The van der Waals surface area contributed by atoms with E-state index in [1.165, 1.54) is 12.8 Å². The van der Waals surface area contributed by atoms with Crippen LogP contribution in [-0.2, 0) is 0 Å². The van der Waals surface area contributed by atoms with Gasteiger partial charge in [-0.1, -0.05) is 20.8 Å². The van der Waals surface area contributed by atoms with Gasteiger partial charge in [-0.2, -0.15) is 0 Å². The maximum atomic E-state index is 5.41. The van der Waals surface area contributed by atoms with Gasteiger partial charge >= 0.3 is 0 Å². The SMILES string of the molecule is CCC(NCCCCN)C(C)C.